The van der Waals surface area contributed by atoms with E-state index in [2.05, 4.69) is 5.10 Å². The Morgan fingerprint density at radius 2 is 2.10 bits per heavy atom. The van der Waals surface area contributed by atoms with Gasteiger partial charge in [0.1, 0.15) is 6.54 Å². The molecule has 7 heteroatoms. The van der Waals surface area contributed by atoms with Crippen LogP contribution in [0.4, 0.5) is 0 Å². The number of carbonyl (C=O) groups excluding carboxylic acids is 1. The molecule has 0 spiro atoms. The second-order valence-corrected chi connectivity index (χ2v) is 5.60. The first kappa shape index (κ1) is 13.1. The Morgan fingerprint density at radius 1 is 1.30 bits per heavy atom. The quantitative estimate of drug-likeness (QED) is 0.708. The van der Waals surface area contributed by atoms with Gasteiger partial charge in [0, 0.05) is 31.1 Å². The number of nitrogens with one attached hydrogen (secondary N) is 1. The number of fused-ring (bicyclic) bond motifs is 1. The number of nitrogens with zero attached hydrogens (tertiary/aromatic N) is 2. The Bertz CT molecular complexity index is 635. The van der Waals surface area contributed by atoms with E-state index in [-0.39, 0.29) is 24.5 Å². The fourth-order valence-electron chi connectivity index (χ4n) is 3.26. The van der Waals surface area contributed by atoms with E-state index in [1.807, 2.05) is 0 Å². The molecule has 1 saturated heterocycles. The van der Waals surface area contributed by atoms with Crippen LogP contribution < -0.4 is 11.1 Å². The molecule has 3 rings (SSSR count). The van der Waals surface area contributed by atoms with Crippen molar-refractivity contribution in [3.05, 3.63) is 32.8 Å². The number of aliphatic hydroxyl groups is 1. The van der Waals surface area contributed by atoms with Crippen molar-refractivity contribution in [3.63, 3.8) is 0 Å². The lowest BCUT2D eigenvalue weighted by atomic mass is 10.00. The molecule has 2 aliphatic rings. The molecule has 1 aliphatic carbocycles. The van der Waals surface area contributed by atoms with Gasteiger partial charge >= 0.3 is 0 Å². The summed E-state index contributed by atoms with van der Waals surface area (Å²) in [7, 11) is 0. The summed E-state index contributed by atoms with van der Waals surface area (Å²) in [5.41, 5.74) is -0.816. The van der Waals surface area contributed by atoms with Gasteiger partial charge in [0.2, 0.25) is 5.91 Å². The number of hydrogen-bond acceptors (Lipinski definition) is 4. The molecule has 2 N–H and O–H groups in total. The van der Waals surface area contributed by atoms with Crippen molar-refractivity contribution in [1.82, 2.24) is 14.7 Å². The smallest absolute Gasteiger partial charge is 0.265 e. The molecule has 3 atom stereocenters. The number of likely N-dealkylation sites (tertiary alicyclic amines) is 1. The molecule has 108 valence electrons. The molecule has 1 saturated carbocycles. The summed E-state index contributed by atoms with van der Waals surface area (Å²) >= 11 is 0. The maximum absolute atomic E-state index is 12.2. The first-order valence-corrected chi connectivity index (χ1v) is 6.80. The number of hydrogen-bond donors (Lipinski definition) is 2. The van der Waals surface area contributed by atoms with Gasteiger partial charge in [0.25, 0.3) is 11.1 Å². The Kier molecular flexibility index (Phi) is 3.21. The molecule has 1 aromatic heterocycles. The number of aliphatic hydroxyl groups excluding tert-OH is 1. The van der Waals surface area contributed by atoms with Crippen LogP contribution in [0.5, 0.6) is 0 Å². The van der Waals surface area contributed by atoms with Crippen molar-refractivity contribution in [3.8, 4) is 0 Å². The van der Waals surface area contributed by atoms with Gasteiger partial charge in [-0.15, -0.1) is 0 Å². The highest BCUT2D eigenvalue weighted by Crippen LogP contribution is 2.37. The average Bonchev–Trinajstić information content (AvgIpc) is 2.97. The molecule has 1 aliphatic heterocycles. The summed E-state index contributed by atoms with van der Waals surface area (Å²) in [5, 5.41) is 12.2. The van der Waals surface area contributed by atoms with Crippen molar-refractivity contribution in [1.29, 1.82) is 0 Å². The fraction of sp³-hybridized carbons (Fsp3) is 0.615. The molecular weight excluding hydrogens is 262 g/mol. The number of aromatic nitrogens is 2. The number of H-pyrrole nitrogens is 1. The standard InChI is InChI=1S/C13H17N3O4/c17-10-2-1-8-5-15(6-9(8)10)13(20)7-16-12(19)4-3-11(18)14-16/h3-4,8-10,17H,1-2,5-7H2,(H,14,18). The second kappa shape index (κ2) is 4.90. The highest BCUT2D eigenvalue weighted by molar-refractivity contribution is 5.76. The maximum Gasteiger partial charge on any atom is 0.265 e. The normalized spacial score (nSPS) is 28.6. The van der Waals surface area contributed by atoms with Crippen LogP contribution in [0.15, 0.2) is 21.7 Å². The third-order valence-corrected chi connectivity index (χ3v) is 4.35. The van der Waals surface area contributed by atoms with Crippen LogP contribution in [0.25, 0.3) is 0 Å². The summed E-state index contributed by atoms with van der Waals surface area (Å²) in [6, 6.07) is 2.29. The lowest BCUT2D eigenvalue weighted by Crippen LogP contribution is -2.38. The minimum atomic E-state index is -0.411. The number of rotatable bonds is 2. The topological polar surface area (TPSA) is 95.4 Å². The van der Waals surface area contributed by atoms with E-state index >= 15 is 0 Å². The Morgan fingerprint density at radius 3 is 2.85 bits per heavy atom. The van der Waals surface area contributed by atoms with Gasteiger partial charge in [-0.1, -0.05) is 0 Å². The van der Waals surface area contributed by atoms with E-state index in [1.165, 1.54) is 0 Å². The minimum Gasteiger partial charge on any atom is -0.393 e. The van der Waals surface area contributed by atoms with Gasteiger partial charge in [-0.05, 0) is 18.8 Å². The van der Waals surface area contributed by atoms with E-state index in [0.717, 1.165) is 29.7 Å². The molecule has 0 aromatic carbocycles. The van der Waals surface area contributed by atoms with Crippen LogP contribution in [-0.2, 0) is 11.3 Å². The largest absolute Gasteiger partial charge is 0.393 e. The van der Waals surface area contributed by atoms with Crippen LogP contribution in [0.2, 0.25) is 0 Å². The molecule has 20 heavy (non-hydrogen) atoms. The van der Waals surface area contributed by atoms with Crippen LogP contribution in [0.1, 0.15) is 12.8 Å². The number of amides is 1. The van der Waals surface area contributed by atoms with Crippen molar-refractivity contribution in [2.45, 2.75) is 25.5 Å². The molecule has 2 heterocycles. The van der Waals surface area contributed by atoms with Gasteiger partial charge in [0.05, 0.1) is 6.10 Å². The van der Waals surface area contributed by atoms with Gasteiger partial charge in [-0.25, -0.2) is 4.68 Å². The average molecular weight is 279 g/mol. The number of carbonyl (C=O) groups is 1. The highest BCUT2D eigenvalue weighted by atomic mass is 16.3. The Balaban J connectivity index is 1.70. The molecule has 0 bridgehead atoms. The number of aromatic amines is 1. The molecule has 1 amide bonds. The second-order valence-electron chi connectivity index (χ2n) is 5.60. The lowest BCUT2D eigenvalue weighted by Gasteiger charge is -2.18. The lowest BCUT2D eigenvalue weighted by molar-refractivity contribution is -0.131. The molecule has 0 radical (unpaired) electrons. The van der Waals surface area contributed by atoms with Crippen LogP contribution in [0, 0.1) is 11.8 Å². The van der Waals surface area contributed by atoms with Gasteiger partial charge in [-0.2, -0.15) is 0 Å². The van der Waals surface area contributed by atoms with Gasteiger partial charge < -0.3 is 10.0 Å². The first-order valence-electron chi connectivity index (χ1n) is 6.80. The van der Waals surface area contributed by atoms with Crippen molar-refractivity contribution in [2.24, 2.45) is 11.8 Å². The zero-order chi connectivity index (χ0) is 14.3. The maximum atomic E-state index is 12.2. The van der Waals surface area contributed by atoms with E-state index in [1.54, 1.807) is 4.90 Å². The third kappa shape index (κ3) is 2.29. The van der Waals surface area contributed by atoms with Crippen molar-refractivity contribution in [2.75, 3.05) is 13.1 Å². The summed E-state index contributed by atoms with van der Waals surface area (Å²) in [6.07, 6.45) is 1.43. The highest BCUT2D eigenvalue weighted by Gasteiger charge is 2.43. The molecule has 7 nitrogen and oxygen atoms in total. The molecule has 1 aromatic rings. The minimum absolute atomic E-state index is 0.158. The fourth-order valence-corrected chi connectivity index (χ4v) is 3.26. The van der Waals surface area contributed by atoms with Crippen LogP contribution >= 0.6 is 0 Å². The Hall–Kier alpha value is -1.89. The predicted molar refractivity (Wildman–Crippen MR) is 70.1 cm³/mol. The summed E-state index contributed by atoms with van der Waals surface area (Å²) in [4.78, 5) is 36.6. The zero-order valence-electron chi connectivity index (χ0n) is 11.0. The van der Waals surface area contributed by atoms with E-state index in [0.29, 0.717) is 19.0 Å². The zero-order valence-corrected chi connectivity index (χ0v) is 11.0. The Labute approximate surface area is 114 Å². The van der Waals surface area contributed by atoms with Gasteiger partial charge in [0.15, 0.2) is 0 Å². The van der Waals surface area contributed by atoms with Gasteiger partial charge in [-0.3, -0.25) is 19.5 Å². The van der Waals surface area contributed by atoms with Crippen LogP contribution in [-0.4, -0.2) is 44.9 Å². The molecule has 3 unspecified atom stereocenters. The van der Waals surface area contributed by atoms with Crippen LogP contribution in [0.3, 0.4) is 0 Å². The molecule has 2 fully saturated rings. The van der Waals surface area contributed by atoms with E-state index in [4.69, 9.17) is 0 Å². The SMILES string of the molecule is O=C(Cn1[nH]c(=O)ccc1=O)N1CC2CCC(O)C2C1. The summed E-state index contributed by atoms with van der Waals surface area (Å²) in [5.74, 6) is 0.321. The monoisotopic (exact) mass is 279 g/mol. The molecular formula is C13H17N3O4. The third-order valence-electron chi connectivity index (χ3n) is 4.35. The summed E-state index contributed by atoms with van der Waals surface area (Å²) in [6.45, 7) is 1.01. The van der Waals surface area contributed by atoms with Crippen molar-refractivity contribution >= 4 is 5.91 Å². The van der Waals surface area contributed by atoms with Crippen molar-refractivity contribution < 1.29 is 9.90 Å². The first-order chi connectivity index (χ1) is 9.54. The summed E-state index contributed by atoms with van der Waals surface area (Å²) < 4.78 is 1.02. The van der Waals surface area contributed by atoms with E-state index in [9.17, 15) is 19.5 Å². The van der Waals surface area contributed by atoms with E-state index < -0.39 is 11.1 Å². The predicted octanol–water partition coefficient (Wildman–Crippen LogP) is -1.23.